The van der Waals surface area contributed by atoms with Crippen LogP contribution in [0, 0.1) is 5.92 Å². The highest BCUT2D eigenvalue weighted by Gasteiger charge is 2.37. The van der Waals surface area contributed by atoms with Crippen LogP contribution >= 0.6 is 0 Å². The van der Waals surface area contributed by atoms with E-state index in [0.29, 0.717) is 19.5 Å². The van der Waals surface area contributed by atoms with Gasteiger partial charge in [-0.1, -0.05) is 62.4 Å². The lowest BCUT2D eigenvalue weighted by Crippen LogP contribution is -2.51. The number of piperidine rings is 1. The number of H-pyrrole nitrogens is 2. The van der Waals surface area contributed by atoms with Crippen LogP contribution in [0.25, 0.3) is 33.6 Å². The van der Waals surface area contributed by atoms with Crippen molar-refractivity contribution in [2.45, 2.75) is 64.6 Å². The molecule has 240 valence electrons. The van der Waals surface area contributed by atoms with E-state index < -0.39 is 12.1 Å². The number of rotatable bonds is 9. The highest BCUT2D eigenvalue weighted by molar-refractivity contribution is 5.86. The van der Waals surface area contributed by atoms with Gasteiger partial charge in [-0.15, -0.1) is 0 Å². The number of likely N-dealkylation sites (tertiary alicyclic amines) is 2. The summed E-state index contributed by atoms with van der Waals surface area (Å²) >= 11 is 0. The van der Waals surface area contributed by atoms with Crippen LogP contribution in [0.5, 0.6) is 0 Å². The number of benzene rings is 2. The second kappa shape index (κ2) is 13.6. The smallest absolute Gasteiger partial charge is 0.407 e. The van der Waals surface area contributed by atoms with Crippen LogP contribution in [0.1, 0.15) is 63.6 Å². The first-order valence-electron chi connectivity index (χ1n) is 16.0. The molecule has 0 bridgehead atoms. The molecule has 2 saturated heterocycles. The molecular weight excluding hydrogens is 582 g/mol. The molecule has 3 amide bonds. The van der Waals surface area contributed by atoms with Gasteiger partial charge >= 0.3 is 6.09 Å². The summed E-state index contributed by atoms with van der Waals surface area (Å²) < 4.78 is 4.74. The minimum Gasteiger partial charge on any atom is -0.453 e. The predicted octanol–water partition coefficient (Wildman–Crippen LogP) is 5.69. The van der Waals surface area contributed by atoms with E-state index in [1.54, 1.807) is 0 Å². The molecule has 3 N–H and O–H groups in total. The van der Waals surface area contributed by atoms with Gasteiger partial charge in [0, 0.05) is 19.5 Å². The van der Waals surface area contributed by atoms with E-state index >= 15 is 0 Å². The second-order valence-corrected chi connectivity index (χ2v) is 12.4. The summed E-state index contributed by atoms with van der Waals surface area (Å²) in [7, 11) is 1.29. The fourth-order valence-electron chi connectivity index (χ4n) is 6.33. The van der Waals surface area contributed by atoms with Crippen LogP contribution in [0.2, 0.25) is 0 Å². The fraction of sp³-hybridized carbons (Fsp3) is 0.400. The minimum atomic E-state index is -0.669. The number of hydrogen-bond acceptors (Lipinski definition) is 6. The Kier molecular flexibility index (Phi) is 9.18. The molecule has 2 aliphatic heterocycles. The van der Waals surface area contributed by atoms with E-state index in [9.17, 15) is 14.4 Å². The van der Waals surface area contributed by atoms with Gasteiger partial charge in [0.1, 0.15) is 17.7 Å². The summed E-state index contributed by atoms with van der Waals surface area (Å²) in [6.45, 7) is 5.73. The maximum atomic E-state index is 13.5. The molecule has 11 nitrogen and oxygen atoms in total. The van der Waals surface area contributed by atoms with Crippen molar-refractivity contribution in [3.05, 3.63) is 72.6 Å². The highest BCUT2D eigenvalue weighted by Crippen LogP contribution is 2.33. The molecule has 2 aromatic heterocycles. The van der Waals surface area contributed by atoms with Crippen LogP contribution in [0.4, 0.5) is 4.79 Å². The van der Waals surface area contributed by atoms with Crippen LogP contribution in [0.3, 0.4) is 0 Å². The van der Waals surface area contributed by atoms with Gasteiger partial charge in [-0.2, -0.15) is 0 Å². The number of aromatic amines is 2. The first kappa shape index (κ1) is 31.1. The molecule has 4 aromatic rings. The molecule has 46 heavy (non-hydrogen) atoms. The molecule has 0 spiro atoms. The van der Waals surface area contributed by atoms with E-state index in [1.165, 1.54) is 7.11 Å². The van der Waals surface area contributed by atoms with Crippen molar-refractivity contribution in [1.82, 2.24) is 35.1 Å². The van der Waals surface area contributed by atoms with Crippen molar-refractivity contribution >= 4 is 17.9 Å². The lowest BCUT2D eigenvalue weighted by Gasteiger charge is -2.30. The first-order valence-corrected chi connectivity index (χ1v) is 16.0. The Morgan fingerprint density at radius 1 is 0.891 bits per heavy atom. The summed E-state index contributed by atoms with van der Waals surface area (Å²) in [4.78, 5) is 57.2. The van der Waals surface area contributed by atoms with E-state index in [1.807, 2.05) is 36.0 Å². The number of alkyl carbamates (subject to hydrolysis) is 1. The predicted molar refractivity (Wildman–Crippen MR) is 174 cm³/mol. The number of ether oxygens (including phenoxy) is 1. The number of nitrogens with one attached hydrogen (secondary N) is 3. The van der Waals surface area contributed by atoms with Crippen LogP contribution in [0.15, 0.2) is 60.9 Å². The SMILES string of the molecule is COC(=O)N[C@H](C(=O)N1CCC[C@H]1c1ncc(-c2ccc(-c3ccc(-c4cnc(CN5CCCCC5=O)[nH]4)cc3)cc2)[nH]1)C(C)C. The molecule has 6 rings (SSSR count). The van der Waals surface area contributed by atoms with E-state index in [-0.39, 0.29) is 23.8 Å². The number of aromatic nitrogens is 4. The van der Waals surface area contributed by atoms with Gasteiger partial charge in [-0.05, 0) is 53.9 Å². The summed E-state index contributed by atoms with van der Waals surface area (Å²) in [5, 5.41) is 2.69. The van der Waals surface area contributed by atoms with E-state index in [4.69, 9.17) is 4.74 Å². The number of carbonyl (C=O) groups is 3. The molecule has 4 heterocycles. The van der Waals surface area contributed by atoms with Gasteiger partial charge in [0.05, 0.1) is 43.5 Å². The number of carbonyl (C=O) groups excluding carboxylic acids is 3. The molecule has 2 atom stereocenters. The molecule has 0 unspecified atom stereocenters. The molecule has 0 saturated carbocycles. The molecule has 2 aliphatic rings. The maximum absolute atomic E-state index is 13.5. The van der Waals surface area contributed by atoms with Gasteiger partial charge in [0.2, 0.25) is 11.8 Å². The average molecular weight is 624 g/mol. The average Bonchev–Trinajstić information content (AvgIpc) is 3.86. The zero-order valence-corrected chi connectivity index (χ0v) is 26.6. The third kappa shape index (κ3) is 6.68. The van der Waals surface area contributed by atoms with E-state index in [2.05, 4.69) is 73.8 Å². The van der Waals surface area contributed by atoms with Gasteiger partial charge < -0.3 is 29.8 Å². The van der Waals surface area contributed by atoms with Crippen LogP contribution in [-0.2, 0) is 20.9 Å². The maximum Gasteiger partial charge on any atom is 0.407 e. The van der Waals surface area contributed by atoms with E-state index in [0.717, 1.165) is 77.5 Å². The number of hydrogen-bond donors (Lipinski definition) is 3. The Hall–Kier alpha value is -4.93. The summed E-state index contributed by atoms with van der Waals surface area (Å²) in [5.74, 6) is 1.53. The van der Waals surface area contributed by atoms with Crippen LogP contribution < -0.4 is 5.32 Å². The Balaban J connectivity index is 1.10. The lowest BCUT2D eigenvalue weighted by molar-refractivity contribution is -0.135. The standard InChI is InChI=1S/C35H41N7O4/c1-22(2)32(40-35(45)46-3)34(44)42-18-6-7-29(42)33-37-20-28(39-33)26-15-11-24(12-16-26)23-9-13-25(14-10-23)27-19-36-30(38-27)21-41-17-5-4-8-31(41)43/h9-16,19-20,22,29,32H,4-8,17-18,21H2,1-3H3,(H,36,38)(H,37,39)(H,40,45)/t29-,32-/m0/s1. The van der Waals surface area contributed by atoms with Crippen molar-refractivity contribution < 1.29 is 19.1 Å². The Bertz CT molecular complexity index is 1680. The molecule has 0 aliphatic carbocycles. The number of amides is 3. The minimum absolute atomic E-state index is 0.0875. The fourth-order valence-corrected chi connectivity index (χ4v) is 6.33. The zero-order chi connectivity index (χ0) is 32.2. The summed E-state index contributed by atoms with van der Waals surface area (Å²) in [5.41, 5.74) is 6.03. The third-order valence-electron chi connectivity index (χ3n) is 8.95. The molecule has 0 radical (unpaired) electrons. The monoisotopic (exact) mass is 623 g/mol. The third-order valence-corrected chi connectivity index (χ3v) is 8.95. The second-order valence-electron chi connectivity index (χ2n) is 12.4. The van der Waals surface area contributed by atoms with Crippen molar-refractivity contribution in [1.29, 1.82) is 0 Å². The Labute approximate surface area is 268 Å². The highest BCUT2D eigenvalue weighted by atomic mass is 16.5. The largest absolute Gasteiger partial charge is 0.453 e. The van der Waals surface area contributed by atoms with Crippen molar-refractivity contribution in [3.63, 3.8) is 0 Å². The number of imidazole rings is 2. The van der Waals surface area contributed by atoms with Crippen LogP contribution in [-0.4, -0.2) is 73.9 Å². The van der Waals surface area contributed by atoms with Crippen molar-refractivity contribution in [2.75, 3.05) is 20.2 Å². The van der Waals surface area contributed by atoms with Gasteiger partial charge in [-0.3, -0.25) is 9.59 Å². The molecular formula is C35H41N7O4. The van der Waals surface area contributed by atoms with Gasteiger partial charge in [0.15, 0.2) is 0 Å². The molecule has 11 heteroatoms. The summed E-state index contributed by atoms with van der Waals surface area (Å²) in [6, 6.07) is 15.8. The normalized spacial score (nSPS) is 17.4. The Morgan fingerprint density at radius 3 is 2.15 bits per heavy atom. The Morgan fingerprint density at radius 2 is 1.52 bits per heavy atom. The first-order chi connectivity index (χ1) is 22.3. The summed E-state index contributed by atoms with van der Waals surface area (Å²) in [6.07, 6.45) is 7.33. The van der Waals surface area contributed by atoms with Crippen molar-refractivity contribution in [2.24, 2.45) is 5.92 Å². The molecule has 2 aromatic carbocycles. The van der Waals surface area contributed by atoms with Gasteiger partial charge in [0.25, 0.3) is 0 Å². The van der Waals surface area contributed by atoms with Gasteiger partial charge in [-0.25, -0.2) is 14.8 Å². The number of methoxy groups -OCH3 is 1. The quantitative estimate of drug-likeness (QED) is 0.219. The number of nitrogens with zero attached hydrogens (tertiary/aromatic N) is 4. The van der Waals surface area contributed by atoms with Crippen molar-refractivity contribution in [3.8, 4) is 33.6 Å². The molecule has 2 fully saturated rings. The zero-order valence-electron chi connectivity index (χ0n) is 26.6. The topological polar surface area (TPSA) is 136 Å². The lowest BCUT2D eigenvalue weighted by atomic mass is 10.0.